The maximum absolute atomic E-state index is 13.2. The van der Waals surface area contributed by atoms with Crippen LogP contribution in [0.25, 0.3) is 16.5 Å². The Morgan fingerprint density at radius 3 is 2.41 bits per heavy atom. The minimum absolute atomic E-state index is 0.124. The van der Waals surface area contributed by atoms with Crippen molar-refractivity contribution in [3.63, 3.8) is 0 Å². The normalized spacial score (nSPS) is 12.1. The van der Waals surface area contributed by atoms with Crippen molar-refractivity contribution >= 4 is 36.1 Å². The first-order chi connectivity index (χ1) is 12.9. The van der Waals surface area contributed by atoms with Crippen LogP contribution in [0.4, 0.5) is 5.69 Å². The van der Waals surface area contributed by atoms with E-state index in [1.54, 1.807) is 13.3 Å². The Balaban J connectivity index is 1.99. The fraction of sp³-hybridized carbons (Fsp3) is 0.182. The smallest absolute Gasteiger partial charge is 0.255 e. The Labute approximate surface area is 160 Å². The van der Waals surface area contributed by atoms with E-state index in [1.807, 2.05) is 54.6 Å². The monoisotopic (exact) mass is 376 g/mol. The highest BCUT2D eigenvalue weighted by atomic mass is 28.3. The number of nitrogens with one attached hydrogen (secondary N) is 1. The van der Waals surface area contributed by atoms with E-state index >= 15 is 0 Å². The van der Waals surface area contributed by atoms with Crippen LogP contribution in [0.15, 0.2) is 66.5 Å². The second-order valence-electron chi connectivity index (χ2n) is 7.49. The van der Waals surface area contributed by atoms with E-state index in [0.29, 0.717) is 11.3 Å². The van der Waals surface area contributed by atoms with Gasteiger partial charge in [-0.15, -0.1) is 0 Å². The molecule has 0 spiro atoms. The molecule has 0 atom stereocenters. The van der Waals surface area contributed by atoms with Crippen LogP contribution in [0.5, 0.6) is 5.75 Å². The summed E-state index contributed by atoms with van der Waals surface area (Å²) < 4.78 is 5.23. The van der Waals surface area contributed by atoms with Gasteiger partial charge in [-0.25, -0.2) is 0 Å². The average molecular weight is 377 g/mol. The fourth-order valence-corrected chi connectivity index (χ4v) is 4.04. The highest BCUT2D eigenvalue weighted by Crippen LogP contribution is 2.25. The Bertz CT molecular complexity index is 984. The number of amides is 1. The SMILES string of the molecule is COc1ccc(/C(=C\[Si](C)(C)C)C(=O)Nc2cccc3cccnc23)cc1. The highest BCUT2D eigenvalue weighted by Gasteiger charge is 2.19. The molecule has 0 bridgehead atoms. The number of hydrogen-bond donors (Lipinski definition) is 1. The molecule has 3 rings (SSSR count). The molecule has 1 amide bonds. The summed E-state index contributed by atoms with van der Waals surface area (Å²) in [6.07, 6.45) is 1.74. The minimum Gasteiger partial charge on any atom is -0.497 e. The van der Waals surface area contributed by atoms with Crippen LogP contribution in [-0.2, 0) is 4.79 Å². The fourth-order valence-electron chi connectivity index (χ4n) is 2.88. The zero-order chi connectivity index (χ0) is 19.4. The summed E-state index contributed by atoms with van der Waals surface area (Å²) in [5.74, 6) is 0.644. The zero-order valence-electron chi connectivity index (χ0n) is 16.1. The lowest BCUT2D eigenvalue weighted by atomic mass is 10.1. The summed E-state index contributed by atoms with van der Waals surface area (Å²) in [4.78, 5) is 17.6. The lowest BCUT2D eigenvalue weighted by Crippen LogP contribution is -2.21. The number of carbonyl (C=O) groups excluding carboxylic acids is 1. The third-order valence-electron chi connectivity index (χ3n) is 4.10. The first kappa shape index (κ1) is 18.9. The van der Waals surface area contributed by atoms with Gasteiger partial charge < -0.3 is 10.1 Å². The van der Waals surface area contributed by atoms with Crippen molar-refractivity contribution in [2.24, 2.45) is 0 Å². The van der Waals surface area contributed by atoms with Gasteiger partial charge in [0.15, 0.2) is 0 Å². The van der Waals surface area contributed by atoms with Crippen LogP contribution < -0.4 is 10.1 Å². The van der Waals surface area contributed by atoms with Gasteiger partial charge in [0.1, 0.15) is 5.75 Å². The summed E-state index contributed by atoms with van der Waals surface area (Å²) in [5, 5.41) is 4.05. The molecule has 138 valence electrons. The van der Waals surface area contributed by atoms with Crippen LogP contribution in [-0.4, -0.2) is 26.1 Å². The van der Waals surface area contributed by atoms with Gasteiger partial charge in [-0.1, -0.05) is 55.7 Å². The largest absolute Gasteiger partial charge is 0.497 e. The second kappa shape index (κ2) is 7.76. The van der Waals surface area contributed by atoms with Crippen LogP contribution in [0, 0.1) is 0 Å². The van der Waals surface area contributed by atoms with Gasteiger partial charge in [0.25, 0.3) is 5.91 Å². The molecule has 1 N–H and O–H groups in total. The molecule has 0 unspecified atom stereocenters. The van der Waals surface area contributed by atoms with Crippen molar-refractivity contribution < 1.29 is 9.53 Å². The Morgan fingerprint density at radius 2 is 1.74 bits per heavy atom. The van der Waals surface area contributed by atoms with Crippen LogP contribution >= 0.6 is 0 Å². The average Bonchev–Trinajstić information content (AvgIpc) is 2.66. The summed E-state index contributed by atoms with van der Waals surface area (Å²) in [6, 6.07) is 17.3. The van der Waals surface area contributed by atoms with Crippen molar-refractivity contribution in [1.82, 2.24) is 4.98 Å². The number of rotatable bonds is 5. The number of benzene rings is 2. The summed E-state index contributed by atoms with van der Waals surface area (Å²) in [5.41, 5.74) is 5.19. The van der Waals surface area contributed by atoms with E-state index < -0.39 is 8.07 Å². The molecule has 4 nitrogen and oxygen atoms in total. The van der Waals surface area contributed by atoms with Crippen molar-refractivity contribution in [1.29, 1.82) is 0 Å². The summed E-state index contributed by atoms with van der Waals surface area (Å²) >= 11 is 0. The van der Waals surface area contributed by atoms with E-state index in [9.17, 15) is 4.79 Å². The molecule has 0 aliphatic heterocycles. The Kier molecular flexibility index (Phi) is 5.42. The number of carbonyl (C=O) groups is 1. The van der Waals surface area contributed by atoms with Crippen LogP contribution in [0.1, 0.15) is 5.56 Å². The number of fused-ring (bicyclic) bond motifs is 1. The zero-order valence-corrected chi connectivity index (χ0v) is 17.1. The summed E-state index contributed by atoms with van der Waals surface area (Å²) in [6.45, 7) is 6.63. The molecule has 27 heavy (non-hydrogen) atoms. The van der Waals surface area contributed by atoms with Gasteiger partial charge in [0.2, 0.25) is 0 Å². The predicted octanol–water partition coefficient (Wildman–Crippen LogP) is 5.14. The first-order valence-corrected chi connectivity index (χ1v) is 12.5. The molecule has 2 aromatic carbocycles. The number of pyridine rings is 1. The van der Waals surface area contributed by atoms with Gasteiger partial charge in [0.05, 0.1) is 26.4 Å². The third kappa shape index (κ3) is 4.63. The molecule has 0 saturated heterocycles. The van der Waals surface area contributed by atoms with E-state index in [0.717, 1.165) is 22.2 Å². The van der Waals surface area contributed by atoms with Gasteiger partial charge in [0, 0.05) is 17.2 Å². The molecule has 1 heterocycles. The van der Waals surface area contributed by atoms with E-state index in [4.69, 9.17) is 4.74 Å². The maximum atomic E-state index is 13.2. The Morgan fingerprint density at radius 1 is 1.04 bits per heavy atom. The predicted molar refractivity (Wildman–Crippen MR) is 115 cm³/mol. The van der Waals surface area contributed by atoms with Crippen molar-refractivity contribution in [3.05, 3.63) is 72.1 Å². The van der Waals surface area contributed by atoms with Gasteiger partial charge in [-0.05, 0) is 29.8 Å². The standard InChI is InChI=1S/C22H24N2O2Si/c1-26-18-12-10-16(11-13-18)19(15-27(2,3)4)22(25)24-20-9-5-7-17-8-6-14-23-21(17)20/h5-15H,1-4H3,(H,24,25)/b19-15+. The summed E-state index contributed by atoms with van der Waals surface area (Å²) in [7, 11) is 0.00459. The molecule has 0 saturated carbocycles. The number of anilines is 1. The number of nitrogens with zero attached hydrogens (tertiary/aromatic N) is 1. The van der Waals surface area contributed by atoms with Crippen LogP contribution in [0.2, 0.25) is 19.6 Å². The molecule has 0 radical (unpaired) electrons. The first-order valence-electron chi connectivity index (χ1n) is 8.90. The third-order valence-corrected chi connectivity index (χ3v) is 5.26. The van der Waals surface area contributed by atoms with Crippen molar-refractivity contribution in [2.45, 2.75) is 19.6 Å². The lowest BCUT2D eigenvalue weighted by molar-refractivity contribution is -0.111. The molecule has 0 fully saturated rings. The number of para-hydroxylation sites is 1. The molecule has 0 aliphatic carbocycles. The van der Waals surface area contributed by atoms with E-state index in [1.165, 1.54) is 0 Å². The quantitative estimate of drug-likeness (QED) is 0.495. The van der Waals surface area contributed by atoms with Crippen molar-refractivity contribution in [2.75, 3.05) is 12.4 Å². The number of methoxy groups -OCH3 is 1. The lowest BCUT2D eigenvalue weighted by Gasteiger charge is -2.16. The van der Waals surface area contributed by atoms with E-state index in [-0.39, 0.29) is 5.91 Å². The Hall–Kier alpha value is -2.92. The maximum Gasteiger partial charge on any atom is 0.255 e. The number of hydrogen-bond acceptors (Lipinski definition) is 3. The molecular formula is C22H24N2O2Si. The number of ether oxygens (including phenoxy) is 1. The second-order valence-corrected chi connectivity index (χ2v) is 12.5. The molecule has 3 aromatic rings. The number of aromatic nitrogens is 1. The molecule has 5 heteroatoms. The van der Waals surface area contributed by atoms with E-state index in [2.05, 4.69) is 35.6 Å². The molecule has 0 aliphatic rings. The molecular weight excluding hydrogens is 352 g/mol. The van der Waals surface area contributed by atoms with Crippen molar-refractivity contribution in [3.8, 4) is 5.75 Å². The topological polar surface area (TPSA) is 51.2 Å². The van der Waals surface area contributed by atoms with Crippen LogP contribution in [0.3, 0.4) is 0 Å². The van der Waals surface area contributed by atoms with Gasteiger partial charge in [-0.2, -0.15) is 0 Å². The molecule has 1 aromatic heterocycles. The highest BCUT2D eigenvalue weighted by molar-refractivity contribution is 6.82. The minimum atomic E-state index is -1.63. The van der Waals surface area contributed by atoms with Gasteiger partial charge in [-0.3, -0.25) is 9.78 Å². The van der Waals surface area contributed by atoms with Gasteiger partial charge >= 0.3 is 0 Å².